The third-order valence-electron chi connectivity index (χ3n) is 4.08. The van der Waals surface area contributed by atoms with Crippen LogP contribution in [0, 0.1) is 0 Å². The molecule has 0 aliphatic rings. The highest BCUT2D eigenvalue weighted by molar-refractivity contribution is 7.99. The Bertz CT molecular complexity index is 922. The molecule has 9 heteroatoms. The number of hydrogen-bond acceptors (Lipinski definition) is 7. The smallest absolute Gasteiger partial charge is 0.277 e. The van der Waals surface area contributed by atoms with Crippen molar-refractivity contribution >= 4 is 29.3 Å². The lowest BCUT2D eigenvalue weighted by molar-refractivity contribution is -0.129. The summed E-state index contributed by atoms with van der Waals surface area (Å²) in [6, 6.07) is 16.8. The number of thioether (sulfide) groups is 1. The number of aromatic nitrogens is 2. The van der Waals surface area contributed by atoms with Gasteiger partial charge in [-0.2, -0.15) is 0 Å². The van der Waals surface area contributed by atoms with Gasteiger partial charge in [0.1, 0.15) is 5.75 Å². The van der Waals surface area contributed by atoms with Gasteiger partial charge < -0.3 is 18.8 Å². The van der Waals surface area contributed by atoms with Crippen molar-refractivity contribution in [2.75, 3.05) is 26.0 Å². The van der Waals surface area contributed by atoms with Crippen molar-refractivity contribution < 1.29 is 18.7 Å². The van der Waals surface area contributed by atoms with Gasteiger partial charge in [-0.25, -0.2) is 0 Å². The minimum atomic E-state index is -0.0296. The zero-order valence-corrected chi connectivity index (χ0v) is 18.1. The summed E-state index contributed by atoms with van der Waals surface area (Å²) >= 11 is 7.05. The lowest BCUT2D eigenvalue weighted by Crippen LogP contribution is -2.34. The van der Waals surface area contributed by atoms with Crippen LogP contribution in [0.3, 0.4) is 0 Å². The maximum atomic E-state index is 12.7. The number of methoxy groups -OCH3 is 1. The lowest BCUT2D eigenvalue weighted by Gasteiger charge is -2.22. The molecule has 3 aromatic rings. The molecule has 0 unspecified atom stereocenters. The Balaban J connectivity index is 1.50. The quantitative estimate of drug-likeness (QED) is 0.410. The van der Waals surface area contributed by atoms with Crippen LogP contribution in [-0.4, -0.2) is 47.0 Å². The summed E-state index contributed by atoms with van der Waals surface area (Å²) in [5, 5.41) is 8.88. The lowest BCUT2D eigenvalue weighted by atomic mass is 10.2. The molecule has 0 atom stereocenters. The van der Waals surface area contributed by atoms with Crippen molar-refractivity contribution in [2.24, 2.45) is 0 Å². The van der Waals surface area contributed by atoms with Gasteiger partial charge in [-0.1, -0.05) is 53.7 Å². The van der Waals surface area contributed by atoms with Gasteiger partial charge in [-0.05, 0) is 29.8 Å². The van der Waals surface area contributed by atoms with Crippen LogP contribution in [0.2, 0.25) is 5.02 Å². The largest absolute Gasteiger partial charge is 0.484 e. The van der Waals surface area contributed by atoms with Crippen molar-refractivity contribution in [1.82, 2.24) is 15.1 Å². The average Bonchev–Trinajstić information content (AvgIpc) is 3.23. The molecule has 0 saturated carbocycles. The fraction of sp³-hybridized carbons (Fsp3) is 0.286. The van der Waals surface area contributed by atoms with E-state index in [2.05, 4.69) is 10.2 Å². The third kappa shape index (κ3) is 7.05. The van der Waals surface area contributed by atoms with Crippen LogP contribution in [0.25, 0.3) is 0 Å². The standard InChI is InChI=1S/C21H22ClN3O4S/c1-27-12-11-25(13-16-5-3-2-4-6-16)20(26)15-30-21-24-23-19(29-21)14-28-18-9-7-17(22)8-10-18/h2-10H,11-15H2,1H3. The van der Waals surface area contributed by atoms with E-state index in [4.69, 9.17) is 25.5 Å². The fourth-order valence-electron chi connectivity index (χ4n) is 2.54. The summed E-state index contributed by atoms with van der Waals surface area (Å²) in [6.45, 7) is 1.63. The van der Waals surface area contributed by atoms with E-state index in [9.17, 15) is 4.79 Å². The highest BCUT2D eigenvalue weighted by Gasteiger charge is 2.16. The molecular formula is C21H22ClN3O4S. The fourth-order valence-corrected chi connectivity index (χ4v) is 3.35. The van der Waals surface area contributed by atoms with E-state index in [0.717, 1.165) is 5.56 Å². The minimum absolute atomic E-state index is 0.0296. The van der Waals surface area contributed by atoms with E-state index in [0.29, 0.717) is 41.6 Å². The van der Waals surface area contributed by atoms with Gasteiger partial charge in [-0.15, -0.1) is 10.2 Å². The molecule has 1 aromatic heterocycles. The Labute approximate surface area is 184 Å². The van der Waals surface area contributed by atoms with E-state index >= 15 is 0 Å². The first-order chi connectivity index (χ1) is 14.6. The maximum Gasteiger partial charge on any atom is 0.277 e. The number of rotatable bonds is 11. The van der Waals surface area contributed by atoms with Gasteiger partial charge in [0.05, 0.1) is 12.4 Å². The molecule has 0 bridgehead atoms. The summed E-state index contributed by atoms with van der Waals surface area (Å²) < 4.78 is 16.3. The SMILES string of the molecule is COCCN(Cc1ccccc1)C(=O)CSc1nnc(COc2ccc(Cl)cc2)o1. The Hall–Kier alpha value is -2.55. The Morgan fingerprint density at radius 2 is 1.90 bits per heavy atom. The zero-order valence-electron chi connectivity index (χ0n) is 16.5. The molecule has 0 N–H and O–H groups in total. The molecule has 1 heterocycles. The average molecular weight is 448 g/mol. The zero-order chi connectivity index (χ0) is 21.2. The van der Waals surface area contributed by atoms with Crippen LogP contribution in [0.5, 0.6) is 5.75 Å². The number of ether oxygens (including phenoxy) is 2. The first-order valence-corrected chi connectivity index (χ1v) is 10.6. The molecule has 0 spiro atoms. The first kappa shape index (κ1) is 22.1. The number of carbonyl (C=O) groups excluding carboxylic acids is 1. The molecule has 0 fully saturated rings. The molecule has 0 aliphatic carbocycles. The number of benzene rings is 2. The van der Waals surface area contributed by atoms with Crippen molar-refractivity contribution in [2.45, 2.75) is 18.4 Å². The number of nitrogens with zero attached hydrogens (tertiary/aromatic N) is 3. The summed E-state index contributed by atoms with van der Waals surface area (Å²) in [4.78, 5) is 14.5. The second-order valence-electron chi connectivity index (χ2n) is 6.29. The summed E-state index contributed by atoms with van der Waals surface area (Å²) in [5.41, 5.74) is 1.06. The molecule has 0 radical (unpaired) electrons. The van der Waals surface area contributed by atoms with Crippen LogP contribution in [0.4, 0.5) is 0 Å². The van der Waals surface area contributed by atoms with Crippen LogP contribution in [0.1, 0.15) is 11.5 Å². The molecule has 30 heavy (non-hydrogen) atoms. The van der Waals surface area contributed by atoms with Gasteiger partial charge in [-0.3, -0.25) is 4.79 Å². The summed E-state index contributed by atoms with van der Waals surface area (Å²) in [6.07, 6.45) is 0. The third-order valence-corrected chi connectivity index (χ3v) is 5.13. The predicted molar refractivity (Wildman–Crippen MR) is 115 cm³/mol. The highest BCUT2D eigenvalue weighted by atomic mass is 35.5. The number of halogens is 1. The second kappa shape index (κ2) is 11.6. The Kier molecular flexibility index (Phi) is 8.55. The van der Waals surface area contributed by atoms with Crippen LogP contribution in [0.15, 0.2) is 64.2 Å². The minimum Gasteiger partial charge on any atom is -0.484 e. The number of carbonyl (C=O) groups is 1. The summed E-state index contributed by atoms with van der Waals surface area (Å²) in [5.74, 6) is 1.14. The number of hydrogen-bond donors (Lipinski definition) is 0. The van der Waals surface area contributed by atoms with E-state index < -0.39 is 0 Å². The molecule has 3 rings (SSSR count). The van der Waals surface area contributed by atoms with E-state index in [1.165, 1.54) is 11.8 Å². The van der Waals surface area contributed by atoms with Gasteiger partial charge in [0.25, 0.3) is 11.1 Å². The first-order valence-electron chi connectivity index (χ1n) is 9.28. The molecule has 158 valence electrons. The molecular weight excluding hydrogens is 426 g/mol. The normalized spacial score (nSPS) is 10.7. The maximum absolute atomic E-state index is 12.7. The molecule has 0 saturated heterocycles. The molecule has 7 nitrogen and oxygen atoms in total. The summed E-state index contributed by atoms with van der Waals surface area (Å²) in [7, 11) is 1.62. The van der Waals surface area contributed by atoms with E-state index in [1.54, 1.807) is 36.3 Å². The van der Waals surface area contributed by atoms with Crippen LogP contribution >= 0.6 is 23.4 Å². The van der Waals surface area contributed by atoms with Crippen LogP contribution < -0.4 is 4.74 Å². The van der Waals surface area contributed by atoms with Crippen molar-refractivity contribution in [3.8, 4) is 5.75 Å². The molecule has 1 amide bonds. The monoisotopic (exact) mass is 447 g/mol. The van der Waals surface area contributed by atoms with Gasteiger partial charge in [0.15, 0.2) is 6.61 Å². The predicted octanol–water partition coefficient (Wildman–Crippen LogP) is 4.07. The Morgan fingerprint density at radius 1 is 1.13 bits per heavy atom. The Morgan fingerprint density at radius 3 is 2.63 bits per heavy atom. The molecule has 0 aliphatic heterocycles. The van der Waals surface area contributed by atoms with Gasteiger partial charge in [0, 0.05) is 25.2 Å². The van der Waals surface area contributed by atoms with E-state index in [1.807, 2.05) is 30.3 Å². The van der Waals surface area contributed by atoms with Crippen LogP contribution in [-0.2, 0) is 22.7 Å². The topological polar surface area (TPSA) is 77.7 Å². The number of amides is 1. The van der Waals surface area contributed by atoms with Crippen molar-refractivity contribution in [1.29, 1.82) is 0 Å². The van der Waals surface area contributed by atoms with Crippen molar-refractivity contribution in [3.63, 3.8) is 0 Å². The van der Waals surface area contributed by atoms with Gasteiger partial charge >= 0.3 is 0 Å². The second-order valence-corrected chi connectivity index (χ2v) is 7.65. The van der Waals surface area contributed by atoms with E-state index in [-0.39, 0.29) is 18.3 Å². The highest BCUT2D eigenvalue weighted by Crippen LogP contribution is 2.20. The van der Waals surface area contributed by atoms with Crippen molar-refractivity contribution in [3.05, 3.63) is 71.1 Å². The molecule has 2 aromatic carbocycles. The van der Waals surface area contributed by atoms with Gasteiger partial charge in [0.2, 0.25) is 5.91 Å².